The highest BCUT2D eigenvalue weighted by Crippen LogP contribution is 2.47. The van der Waals surface area contributed by atoms with Crippen molar-refractivity contribution in [1.82, 2.24) is 0 Å². The van der Waals surface area contributed by atoms with E-state index in [1.807, 2.05) is 0 Å². The summed E-state index contributed by atoms with van der Waals surface area (Å²) in [5.74, 6) is 6.07. The van der Waals surface area contributed by atoms with Crippen molar-refractivity contribution >= 4 is 11.7 Å². The van der Waals surface area contributed by atoms with Crippen LogP contribution >= 0.6 is 0 Å². The lowest BCUT2D eigenvalue weighted by atomic mass is 9.73. The molecular weight excluding hydrogens is 346 g/mol. The van der Waals surface area contributed by atoms with E-state index in [2.05, 4.69) is 30.8 Å². The molecule has 5 unspecified atom stereocenters. The number of rotatable bonds is 10. The summed E-state index contributed by atoms with van der Waals surface area (Å²) in [5.41, 5.74) is 0.938. The van der Waals surface area contributed by atoms with Crippen molar-refractivity contribution < 1.29 is 25.0 Å². The number of hydrogen-bond donors (Lipinski definition) is 3. The lowest BCUT2D eigenvalue weighted by Crippen LogP contribution is -2.38. The predicted molar refractivity (Wildman–Crippen MR) is 103 cm³/mol. The Morgan fingerprint density at radius 1 is 1.33 bits per heavy atom. The molecule has 3 N–H and O–H groups in total. The van der Waals surface area contributed by atoms with Gasteiger partial charge in [0.1, 0.15) is 12.7 Å². The summed E-state index contributed by atoms with van der Waals surface area (Å²) in [5, 5.41) is 33.2. The zero-order valence-corrected chi connectivity index (χ0v) is 16.4. The van der Waals surface area contributed by atoms with Crippen LogP contribution in [0.15, 0.2) is 5.16 Å². The summed E-state index contributed by atoms with van der Waals surface area (Å²) in [6, 6.07) is 0. The van der Waals surface area contributed by atoms with Gasteiger partial charge in [0.05, 0.1) is 11.8 Å². The van der Waals surface area contributed by atoms with E-state index in [1.54, 1.807) is 0 Å². The van der Waals surface area contributed by atoms with Crippen molar-refractivity contribution in [2.45, 2.75) is 77.4 Å². The molecule has 27 heavy (non-hydrogen) atoms. The fraction of sp³-hybridized carbons (Fsp3) is 0.810. The lowest BCUT2D eigenvalue weighted by Gasteiger charge is -2.33. The van der Waals surface area contributed by atoms with Crippen molar-refractivity contribution in [3.05, 3.63) is 0 Å². The summed E-state index contributed by atoms with van der Waals surface area (Å²) >= 11 is 0. The van der Waals surface area contributed by atoms with Gasteiger partial charge in [-0.15, -0.1) is 0 Å². The van der Waals surface area contributed by atoms with Crippen LogP contribution in [0.25, 0.3) is 0 Å². The third-order valence-corrected chi connectivity index (χ3v) is 5.99. The molecule has 0 amide bonds. The number of aliphatic hydroxyl groups excluding tert-OH is 2. The Morgan fingerprint density at radius 2 is 2.07 bits per heavy atom. The maximum atomic E-state index is 10.5. The van der Waals surface area contributed by atoms with Crippen molar-refractivity contribution in [2.75, 3.05) is 6.61 Å². The van der Waals surface area contributed by atoms with Crippen molar-refractivity contribution in [3.8, 4) is 11.8 Å². The van der Waals surface area contributed by atoms with Crippen LogP contribution in [-0.2, 0) is 9.63 Å². The molecule has 6 nitrogen and oxygen atoms in total. The molecule has 152 valence electrons. The van der Waals surface area contributed by atoms with Crippen LogP contribution in [-0.4, -0.2) is 45.8 Å². The first-order chi connectivity index (χ1) is 13.0. The Hall–Kier alpha value is -1.58. The maximum absolute atomic E-state index is 10.5. The molecule has 2 saturated carbocycles. The zero-order valence-electron chi connectivity index (χ0n) is 16.4. The molecule has 0 saturated heterocycles. The molecule has 2 aliphatic rings. The third-order valence-electron chi connectivity index (χ3n) is 5.99. The van der Waals surface area contributed by atoms with Gasteiger partial charge < -0.3 is 20.2 Å². The third kappa shape index (κ3) is 6.22. The average Bonchev–Trinajstić information content (AvgIpc) is 2.87. The summed E-state index contributed by atoms with van der Waals surface area (Å²) < 4.78 is 0. The van der Waals surface area contributed by atoms with Crippen molar-refractivity contribution in [1.29, 1.82) is 0 Å². The van der Waals surface area contributed by atoms with E-state index in [1.165, 1.54) is 0 Å². The second-order valence-electron chi connectivity index (χ2n) is 7.78. The second kappa shape index (κ2) is 10.7. The monoisotopic (exact) mass is 379 g/mol. The number of hydrogen-bond acceptors (Lipinski definition) is 5. The van der Waals surface area contributed by atoms with Crippen LogP contribution in [0.4, 0.5) is 0 Å². The van der Waals surface area contributed by atoms with Crippen molar-refractivity contribution in [3.63, 3.8) is 0 Å². The van der Waals surface area contributed by atoms with Gasteiger partial charge in [-0.05, 0) is 43.9 Å². The molecule has 0 radical (unpaired) electrons. The van der Waals surface area contributed by atoms with Gasteiger partial charge in [0.2, 0.25) is 0 Å². The molecule has 0 aromatic heterocycles. The number of fused-ring (bicyclic) bond motifs is 1. The number of oxime groups is 1. The highest BCUT2D eigenvalue weighted by atomic mass is 16.6. The Labute approximate surface area is 162 Å². The molecule has 0 spiro atoms. The molecule has 2 fully saturated rings. The van der Waals surface area contributed by atoms with Gasteiger partial charge in [-0.2, -0.15) is 0 Å². The summed E-state index contributed by atoms with van der Waals surface area (Å²) in [6.07, 6.45) is 4.79. The predicted octanol–water partition coefficient (Wildman–Crippen LogP) is 2.82. The molecule has 0 aromatic rings. The molecule has 5 atom stereocenters. The van der Waals surface area contributed by atoms with E-state index < -0.39 is 18.2 Å². The number of carboxylic acids is 1. The topological polar surface area (TPSA) is 99.4 Å². The molecule has 2 rings (SSSR count). The minimum absolute atomic E-state index is 0.0763. The van der Waals surface area contributed by atoms with E-state index >= 15 is 0 Å². The van der Waals surface area contributed by atoms with Crippen LogP contribution in [0.5, 0.6) is 0 Å². The first-order valence-corrected chi connectivity index (χ1v) is 10.2. The van der Waals surface area contributed by atoms with Gasteiger partial charge in [-0.1, -0.05) is 43.7 Å². The van der Waals surface area contributed by atoms with Crippen molar-refractivity contribution in [2.24, 2.45) is 28.8 Å². The Balaban J connectivity index is 1.76. The van der Waals surface area contributed by atoms with Crippen LogP contribution < -0.4 is 0 Å². The highest BCUT2D eigenvalue weighted by molar-refractivity contribution is 5.93. The molecule has 6 heteroatoms. The minimum atomic E-state index is -0.836. The molecule has 2 aliphatic carbocycles. The average molecular weight is 379 g/mol. The Morgan fingerprint density at radius 3 is 2.74 bits per heavy atom. The molecule has 0 aliphatic heterocycles. The maximum Gasteiger partial charge on any atom is 0.303 e. The van der Waals surface area contributed by atoms with Gasteiger partial charge in [0.25, 0.3) is 0 Å². The first-order valence-electron chi connectivity index (χ1n) is 10.2. The smallest absolute Gasteiger partial charge is 0.303 e. The largest absolute Gasteiger partial charge is 0.481 e. The first kappa shape index (κ1) is 21.7. The SMILES string of the molecule is CCC(CC)CCC(O)C#CC1CC2C(=NOCCCC(=O)O)CC2C1O. The van der Waals surface area contributed by atoms with E-state index in [4.69, 9.17) is 9.94 Å². The summed E-state index contributed by atoms with van der Waals surface area (Å²) in [7, 11) is 0. The van der Waals surface area contributed by atoms with Gasteiger partial charge in [0, 0.05) is 18.3 Å². The lowest BCUT2D eigenvalue weighted by molar-refractivity contribution is -0.137. The summed E-state index contributed by atoms with van der Waals surface area (Å²) in [6.45, 7) is 4.64. The molecular formula is C21H33NO5. The molecule has 0 heterocycles. The standard InChI is InChI=1S/C21H33NO5/c1-3-14(4-2)7-9-16(23)10-8-15-12-17-18(21(15)26)13-19(17)22-27-11-5-6-20(24)25/h14-18,21,23,26H,3-7,9,11-13H2,1-2H3,(H,24,25). The second-order valence-corrected chi connectivity index (χ2v) is 7.78. The van der Waals surface area contributed by atoms with Crippen LogP contribution in [0.3, 0.4) is 0 Å². The van der Waals surface area contributed by atoms with E-state index in [0.717, 1.165) is 31.4 Å². The van der Waals surface area contributed by atoms with E-state index in [-0.39, 0.29) is 24.2 Å². The summed E-state index contributed by atoms with van der Waals surface area (Å²) in [4.78, 5) is 15.7. The van der Waals surface area contributed by atoms with Crippen LogP contribution in [0.2, 0.25) is 0 Å². The Kier molecular flexibility index (Phi) is 8.59. The minimum Gasteiger partial charge on any atom is -0.481 e. The molecule has 0 aromatic carbocycles. The number of aliphatic carboxylic acids is 1. The normalized spacial score (nSPS) is 29.0. The number of aliphatic hydroxyl groups is 2. The van der Waals surface area contributed by atoms with Gasteiger partial charge in [0.15, 0.2) is 0 Å². The highest BCUT2D eigenvalue weighted by Gasteiger charge is 2.51. The van der Waals surface area contributed by atoms with E-state index in [0.29, 0.717) is 31.8 Å². The number of nitrogens with zero attached hydrogens (tertiary/aromatic N) is 1. The quantitative estimate of drug-likeness (QED) is 0.308. The van der Waals surface area contributed by atoms with Crippen LogP contribution in [0, 0.1) is 35.5 Å². The van der Waals surface area contributed by atoms with Gasteiger partial charge in [-0.25, -0.2) is 0 Å². The van der Waals surface area contributed by atoms with Crippen LogP contribution in [0.1, 0.15) is 65.2 Å². The zero-order chi connectivity index (χ0) is 19.8. The number of carboxylic acid groups (broad SMARTS) is 1. The van der Waals surface area contributed by atoms with E-state index in [9.17, 15) is 15.0 Å². The molecule has 0 bridgehead atoms. The number of carbonyl (C=O) groups is 1. The fourth-order valence-electron chi connectivity index (χ4n) is 4.03. The Bertz CT molecular complexity index is 575. The van der Waals surface area contributed by atoms with Gasteiger partial charge >= 0.3 is 5.97 Å². The van der Waals surface area contributed by atoms with Gasteiger partial charge in [-0.3, -0.25) is 4.79 Å². The fourth-order valence-corrected chi connectivity index (χ4v) is 4.03.